The molecule has 2 saturated carbocycles. The summed E-state index contributed by atoms with van der Waals surface area (Å²) >= 11 is 0. The van der Waals surface area contributed by atoms with Gasteiger partial charge in [-0.1, -0.05) is 0 Å². The van der Waals surface area contributed by atoms with E-state index in [1.165, 1.54) is 0 Å². The SMILES string of the molecule is O=C([O-])C12CC1C2.[K+]. The maximum atomic E-state index is 10.0. The van der Waals surface area contributed by atoms with E-state index in [2.05, 4.69) is 0 Å². The van der Waals surface area contributed by atoms with Crippen molar-refractivity contribution in [3.63, 3.8) is 0 Å². The molecule has 0 unspecified atom stereocenters. The van der Waals surface area contributed by atoms with Crippen molar-refractivity contribution in [3.8, 4) is 0 Å². The zero-order chi connectivity index (χ0) is 5.07. The average Bonchev–Trinajstić information content (AvgIpc) is 2.04. The van der Waals surface area contributed by atoms with Gasteiger partial charge in [-0.2, -0.15) is 0 Å². The molecule has 8 heavy (non-hydrogen) atoms. The standard InChI is InChI=1S/C5H6O2.K/c6-4(7)5-1-3(5)2-5;/h3H,1-2H2,(H,6,7);/q;+1/p-1. The Morgan fingerprint density at radius 2 is 2.00 bits per heavy atom. The van der Waals surface area contributed by atoms with E-state index in [0.29, 0.717) is 5.92 Å². The monoisotopic (exact) mass is 136 g/mol. The van der Waals surface area contributed by atoms with Crippen molar-refractivity contribution in [2.24, 2.45) is 11.3 Å². The van der Waals surface area contributed by atoms with E-state index >= 15 is 0 Å². The number of hydrogen-bond donors (Lipinski definition) is 0. The van der Waals surface area contributed by atoms with Gasteiger partial charge < -0.3 is 9.90 Å². The second kappa shape index (κ2) is 1.79. The van der Waals surface area contributed by atoms with Crippen molar-refractivity contribution in [1.82, 2.24) is 0 Å². The molecule has 2 rings (SSSR count). The zero-order valence-corrected chi connectivity index (χ0v) is 7.93. The fraction of sp³-hybridized carbons (Fsp3) is 0.800. The van der Waals surface area contributed by atoms with Crippen LogP contribution in [0.5, 0.6) is 0 Å². The van der Waals surface area contributed by atoms with Crippen LogP contribution >= 0.6 is 0 Å². The molecule has 2 fully saturated rings. The fourth-order valence-corrected chi connectivity index (χ4v) is 1.04. The van der Waals surface area contributed by atoms with Gasteiger partial charge in [0.1, 0.15) is 0 Å². The smallest absolute Gasteiger partial charge is 0.550 e. The molecule has 0 heterocycles. The van der Waals surface area contributed by atoms with Crippen molar-refractivity contribution in [1.29, 1.82) is 0 Å². The normalized spacial score (nSPS) is 46.2. The van der Waals surface area contributed by atoms with E-state index in [0.717, 1.165) is 12.8 Å². The molecule has 0 atom stereocenters. The second-order valence-corrected chi connectivity index (χ2v) is 2.55. The molecular weight excluding hydrogens is 131 g/mol. The largest absolute Gasteiger partial charge is 1.00 e. The van der Waals surface area contributed by atoms with Gasteiger partial charge in [-0.05, 0) is 18.8 Å². The van der Waals surface area contributed by atoms with Crippen LogP contribution < -0.4 is 56.5 Å². The summed E-state index contributed by atoms with van der Waals surface area (Å²) in [7, 11) is 0. The van der Waals surface area contributed by atoms with Gasteiger partial charge in [0.05, 0.1) is 0 Å². The van der Waals surface area contributed by atoms with Gasteiger partial charge >= 0.3 is 51.4 Å². The summed E-state index contributed by atoms with van der Waals surface area (Å²) in [5.41, 5.74) is -0.278. The first-order valence-corrected chi connectivity index (χ1v) is 2.47. The first-order chi connectivity index (χ1) is 3.26. The summed E-state index contributed by atoms with van der Waals surface area (Å²) in [6.07, 6.45) is 1.80. The molecule has 0 amide bonds. The number of carboxylic acid groups (broad SMARTS) is 1. The number of carboxylic acids is 1. The molecule has 2 nitrogen and oxygen atoms in total. The number of aliphatic carboxylic acids is 1. The predicted octanol–water partition coefficient (Wildman–Crippen LogP) is -3.85. The fourth-order valence-electron chi connectivity index (χ4n) is 1.04. The maximum Gasteiger partial charge on any atom is 1.00 e. The first-order valence-electron chi connectivity index (χ1n) is 2.47. The van der Waals surface area contributed by atoms with Crippen LogP contribution in [-0.2, 0) is 4.79 Å². The van der Waals surface area contributed by atoms with Gasteiger partial charge in [-0.25, -0.2) is 0 Å². The minimum Gasteiger partial charge on any atom is -0.550 e. The van der Waals surface area contributed by atoms with Crippen molar-refractivity contribution in [2.75, 3.05) is 0 Å². The summed E-state index contributed by atoms with van der Waals surface area (Å²) in [5.74, 6) is -0.296. The van der Waals surface area contributed by atoms with Crippen LogP contribution in [-0.4, -0.2) is 5.97 Å². The molecule has 38 valence electrons. The summed E-state index contributed by atoms with van der Waals surface area (Å²) in [6.45, 7) is 0. The van der Waals surface area contributed by atoms with E-state index in [9.17, 15) is 9.90 Å². The molecule has 0 spiro atoms. The van der Waals surface area contributed by atoms with Crippen molar-refractivity contribution in [3.05, 3.63) is 0 Å². The first kappa shape index (κ1) is 7.22. The Morgan fingerprint density at radius 1 is 1.62 bits per heavy atom. The van der Waals surface area contributed by atoms with E-state index < -0.39 is 5.97 Å². The molecule has 3 heteroatoms. The van der Waals surface area contributed by atoms with Gasteiger partial charge in [0.15, 0.2) is 0 Å². The average molecular weight is 136 g/mol. The molecular formula is C5H5KO2. The van der Waals surface area contributed by atoms with Crippen LogP contribution in [0, 0.1) is 11.3 Å². The van der Waals surface area contributed by atoms with Gasteiger partial charge in [0.25, 0.3) is 0 Å². The van der Waals surface area contributed by atoms with E-state index in [4.69, 9.17) is 0 Å². The van der Waals surface area contributed by atoms with Gasteiger partial charge in [0.2, 0.25) is 0 Å². The van der Waals surface area contributed by atoms with Crippen molar-refractivity contribution < 1.29 is 61.3 Å². The minimum absolute atomic E-state index is 0. The third kappa shape index (κ3) is 0.726. The predicted molar refractivity (Wildman–Crippen MR) is 20.2 cm³/mol. The Bertz CT molecular complexity index is 137. The van der Waals surface area contributed by atoms with Crippen LogP contribution in [0.2, 0.25) is 0 Å². The van der Waals surface area contributed by atoms with Crippen molar-refractivity contribution in [2.45, 2.75) is 12.8 Å². The van der Waals surface area contributed by atoms with E-state index in [-0.39, 0.29) is 56.8 Å². The number of carbonyl (C=O) groups excluding carboxylic acids is 1. The molecule has 0 saturated heterocycles. The van der Waals surface area contributed by atoms with Crippen LogP contribution in [0.25, 0.3) is 0 Å². The summed E-state index contributed by atoms with van der Waals surface area (Å²) < 4.78 is 0. The van der Waals surface area contributed by atoms with Crippen molar-refractivity contribution >= 4 is 5.97 Å². The number of carbonyl (C=O) groups is 1. The third-order valence-electron chi connectivity index (χ3n) is 2.09. The van der Waals surface area contributed by atoms with Gasteiger partial charge in [0, 0.05) is 11.4 Å². The van der Waals surface area contributed by atoms with E-state index in [1.54, 1.807) is 0 Å². The number of hydrogen-bond acceptors (Lipinski definition) is 2. The molecule has 0 radical (unpaired) electrons. The Morgan fingerprint density at radius 3 is 2.00 bits per heavy atom. The Balaban J connectivity index is 0.000000320. The number of fused-ring (bicyclic) bond motifs is 1. The molecule has 0 aromatic rings. The molecule has 0 bridgehead atoms. The molecule has 0 N–H and O–H groups in total. The van der Waals surface area contributed by atoms with Gasteiger partial charge in [-0.3, -0.25) is 0 Å². The van der Waals surface area contributed by atoms with Crippen LogP contribution in [0.3, 0.4) is 0 Å². The quantitative estimate of drug-likeness (QED) is 0.346. The minimum atomic E-state index is -0.822. The molecule has 2 aliphatic rings. The van der Waals surface area contributed by atoms with Crippen LogP contribution in [0.1, 0.15) is 12.8 Å². The Kier molecular flexibility index (Phi) is 1.62. The third-order valence-corrected chi connectivity index (χ3v) is 2.09. The maximum absolute atomic E-state index is 10.0. The molecule has 0 aromatic heterocycles. The van der Waals surface area contributed by atoms with E-state index in [1.807, 2.05) is 0 Å². The summed E-state index contributed by atoms with van der Waals surface area (Å²) in [5, 5.41) is 10.0. The molecule has 2 aliphatic carbocycles. The van der Waals surface area contributed by atoms with Gasteiger partial charge in [-0.15, -0.1) is 0 Å². The zero-order valence-electron chi connectivity index (χ0n) is 4.81. The summed E-state index contributed by atoms with van der Waals surface area (Å²) in [6, 6.07) is 0. The second-order valence-electron chi connectivity index (χ2n) is 2.55. The Labute approximate surface area is 90.1 Å². The molecule has 0 aromatic carbocycles. The topological polar surface area (TPSA) is 40.1 Å². The van der Waals surface area contributed by atoms with Crippen LogP contribution in [0.4, 0.5) is 0 Å². The van der Waals surface area contributed by atoms with Crippen LogP contribution in [0.15, 0.2) is 0 Å². The summed E-state index contributed by atoms with van der Waals surface area (Å²) in [4.78, 5) is 10.0. The Hall–Kier alpha value is 1.11. The number of rotatable bonds is 1. The molecule has 0 aliphatic heterocycles.